The van der Waals surface area contributed by atoms with Gasteiger partial charge in [-0.2, -0.15) is 5.26 Å². The Morgan fingerprint density at radius 1 is 1.14 bits per heavy atom. The summed E-state index contributed by atoms with van der Waals surface area (Å²) >= 11 is 3.43. The maximum Gasteiger partial charge on any atom is 0.161 e. The molecule has 2 aromatic rings. The van der Waals surface area contributed by atoms with E-state index in [9.17, 15) is 5.26 Å². The van der Waals surface area contributed by atoms with Gasteiger partial charge in [0.05, 0.1) is 25.9 Å². The molecule has 0 amide bonds. The van der Waals surface area contributed by atoms with Gasteiger partial charge < -0.3 is 9.47 Å². The molecule has 3 nitrogen and oxygen atoms in total. The topological polar surface area (TPSA) is 42.2 Å². The third-order valence-electron chi connectivity index (χ3n) is 3.33. The van der Waals surface area contributed by atoms with E-state index in [0.717, 1.165) is 21.2 Å². The predicted octanol–water partition coefficient (Wildman–Crippen LogP) is 4.84. The molecule has 0 unspecified atom stereocenters. The maximum absolute atomic E-state index is 9.46. The Hall–Kier alpha value is -2.25. The zero-order chi connectivity index (χ0) is 16.1. The van der Waals surface area contributed by atoms with Crippen molar-refractivity contribution in [3.05, 3.63) is 57.6 Å². The molecular formula is C18H16BrNO2. The van der Waals surface area contributed by atoms with Crippen LogP contribution in [0.2, 0.25) is 0 Å². The van der Waals surface area contributed by atoms with Gasteiger partial charge >= 0.3 is 0 Å². The van der Waals surface area contributed by atoms with Crippen molar-refractivity contribution in [2.45, 2.75) is 6.92 Å². The Morgan fingerprint density at radius 3 is 2.41 bits per heavy atom. The van der Waals surface area contributed by atoms with Gasteiger partial charge in [-0.05, 0) is 54.0 Å². The first-order valence-corrected chi connectivity index (χ1v) is 7.48. The molecule has 2 rings (SSSR count). The van der Waals surface area contributed by atoms with Crippen LogP contribution in [0.1, 0.15) is 16.7 Å². The number of hydrogen-bond donors (Lipinski definition) is 0. The highest BCUT2D eigenvalue weighted by atomic mass is 79.9. The fourth-order valence-electron chi connectivity index (χ4n) is 2.14. The van der Waals surface area contributed by atoms with Crippen molar-refractivity contribution in [3.8, 4) is 17.6 Å². The van der Waals surface area contributed by atoms with Crippen LogP contribution < -0.4 is 9.47 Å². The van der Waals surface area contributed by atoms with Crippen molar-refractivity contribution in [2.24, 2.45) is 0 Å². The predicted molar refractivity (Wildman–Crippen MR) is 91.9 cm³/mol. The van der Waals surface area contributed by atoms with Crippen molar-refractivity contribution in [1.82, 2.24) is 0 Å². The average Bonchev–Trinajstić information content (AvgIpc) is 2.53. The van der Waals surface area contributed by atoms with Gasteiger partial charge in [0.2, 0.25) is 0 Å². The SMILES string of the molecule is COc1cc(C)c(C=C(C#N)c2cccc(Br)c2)cc1OC. The van der Waals surface area contributed by atoms with Crippen LogP contribution in [-0.4, -0.2) is 14.2 Å². The molecule has 22 heavy (non-hydrogen) atoms. The molecule has 0 atom stereocenters. The Kier molecular flexibility index (Phi) is 5.24. The molecule has 0 aliphatic carbocycles. The highest BCUT2D eigenvalue weighted by molar-refractivity contribution is 9.10. The van der Waals surface area contributed by atoms with E-state index in [4.69, 9.17) is 9.47 Å². The van der Waals surface area contributed by atoms with E-state index >= 15 is 0 Å². The molecule has 0 fully saturated rings. The van der Waals surface area contributed by atoms with Gasteiger partial charge in [0, 0.05) is 4.47 Å². The van der Waals surface area contributed by atoms with Gasteiger partial charge in [-0.3, -0.25) is 0 Å². The van der Waals surface area contributed by atoms with Crippen molar-refractivity contribution in [3.63, 3.8) is 0 Å². The first kappa shape index (κ1) is 16.1. The van der Waals surface area contributed by atoms with E-state index < -0.39 is 0 Å². The number of allylic oxidation sites excluding steroid dienone is 1. The minimum absolute atomic E-state index is 0.594. The summed E-state index contributed by atoms with van der Waals surface area (Å²) in [7, 11) is 3.20. The summed E-state index contributed by atoms with van der Waals surface area (Å²) in [5.41, 5.74) is 3.40. The van der Waals surface area contributed by atoms with Crippen LogP contribution in [0.4, 0.5) is 0 Å². The zero-order valence-corrected chi connectivity index (χ0v) is 14.3. The van der Waals surface area contributed by atoms with Crippen LogP contribution in [0.15, 0.2) is 40.9 Å². The molecular weight excluding hydrogens is 342 g/mol. The maximum atomic E-state index is 9.46. The zero-order valence-electron chi connectivity index (χ0n) is 12.7. The van der Waals surface area contributed by atoms with E-state index in [2.05, 4.69) is 22.0 Å². The number of halogens is 1. The third kappa shape index (κ3) is 3.49. The molecule has 0 bridgehead atoms. The number of hydrogen-bond acceptors (Lipinski definition) is 3. The molecule has 0 spiro atoms. The van der Waals surface area contributed by atoms with Crippen LogP contribution in [0.3, 0.4) is 0 Å². The quantitative estimate of drug-likeness (QED) is 0.580. The third-order valence-corrected chi connectivity index (χ3v) is 3.82. The van der Waals surface area contributed by atoms with Crippen molar-refractivity contribution >= 4 is 27.6 Å². The van der Waals surface area contributed by atoms with Gasteiger partial charge in [0.25, 0.3) is 0 Å². The first-order valence-electron chi connectivity index (χ1n) is 6.69. The summed E-state index contributed by atoms with van der Waals surface area (Å²) in [5.74, 6) is 1.32. The molecule has 4 heteroatoms. The summed E-state index contributed by atoms with van der Waals surface area (Å²) in [4.78, 5) is 0. The molecule has 0 heterocycles. The lowest BCUT2D eigenvalue weighted by molar-refractivity contribution is 0.354. The molecule has 0 aromatic heterocycles. The second-order valence-electron chi connectivity index (χ2n) is 4.74. The normalized spacial score (nSPS) is 11.0. The highest BCUT2D eigenvalue weighted by Crippen LogP contribution is 2.32. The number of rotatable bonds is 4. The summed E-state index contributed by atoms with van der Waals surface area (Å²) in [6.45, 7) is 1.98. The number of ether oxygens (including phenoxy) is 2. The average molecular weight is 358 g/mol. The largest absolute Gasteiger partial charge is 0.493 e. The smallest absolute Gasteiger partial charge is 0.161 e. The molecule has 2 aromatic carbocycles. The van der Waals surface area contributed by atoms with Crippen LogP contribution in [-0.2, 0) is 0 Å². The molecule has 112 valence electrons. The summed E-state index contributed by atoms with van der Waals surface area (Å²) in [6, 6.07) is 13.7. The monoisotopic (exact) mass is 357 g/mol. The Morgan fingerprint density at radius 2 is 1.82 bits per heavy atom. The van der Waals surface area contributed by atoms with E-state index in [1.807, 2.05) is 49.4 Å². The van der Waals surface area contributed by atoms with Crippen molar-refractivity contribution < 1.29 is 9.47 Å². The minimum atomic E-state index is 0.594. The number of nitriles is 1. The first-order chi connectivity index (χ1) is 10.6. The number of benzene rings is 2. The fraction of sp³-hybridized carbons (Fsp3) is 0.167. The molecule has 0 aliphatic heterocycles. The summed E-state index contributed by atoms with van der Waals surface area (Å²) < 4.78 is 11.6. The summed E-state index contributed by atoms with van der Waals surface area (Å²) in [5, 5.41) is 9.46. The Labute approximate surface area is 138 Å². The molecule has 0 N–H and O–H groups in total. The number of methoxy groups -OCH3 is 2. The lowest BCUT2D eigenvalue weighted by Gasteiger charge is -2.11. The van der Waals surface area contributed by atoms with Gasteiger partial charge in [-0.1, -0.05) is 28.1 Å². The van der Waals surface area contributed by atoms with Gasteiger partial charge in [-0.25, -0.2) is 0 Å². The van der Waals surface area contributed by atoms with Crippen molar-refractivity contribution in [2.75, 3.05) is 14.2 Å². The fourth-order valence-corrected chi connectivity index (χ4v) is 2.54. The Bertz CT molecular complexity index is 760. The van der Waals surface area contributed by atoms with Gasteiger partial charge in [-0.15, -0.1) is 0 Å². The lowest BCUT2D eigenvalue weighted by atomic mass is 10.0. The van der Waals surface area contributed by atoms with Gasteiger partial charge in [0.1, 0.15) is 0 Å². The van der Waals surface area contributed by atoms with E-state index in [1.165, 1.54) is 0 Å². The van der Waals surface area contributed by atoms with Gasteiger partial charge in [0.15, 0.2) is 11.5 Å². The highest BCUT2D eigenvalue weighted by Gasteiger charge is 2.09. The lowest BCUT2D eigenvalue weighted by Crippen LogP contribution is -1.93. The molecule has 0 aliphatic rings. The molecule has 0 radical (unpaired) electrons. The molecule has 0 saturated heterocycles. The second-order valence-corrected chi connectivity index (χ2v) is 5.66. The van der Waals surface area contributed by atoms with Crippen LogP contribution in [0.25, 0.3) is 11.6 Å². The van der Waals surface area contributed by atoms with E-state index in [-0.39, 0.29) is 0 Å². The van der Waals surface area contributed by atoms with Crippen LogP contribution in [0, 0.1) is 18.3 Å². The van der Waals surface area contributed by atoms with Crippen LogP contribution in [0.5, 0.6) is 11.5 Å². The summed E-state index contributed by atoms with van der Waals surface area (Å²) in [6.07, 6.45) is 1.86. The number of aryl methyl sites for hydroxylation is 1. The van der Waals surface area contributed by atoms with Crippen molar-refractivity contribution in [1.29, 1.82) is 5.26 Å². The number of nitrogens with zero attached hydrogens (tertiary/aromatic N) is 1. The Balaban J connectivity index is 2.53. The van der Waals surface area contributed by atoms with Crippen LogP contribution >= 0.6 is 15.9 Å². The minimum Gasteiger partial charge on any atom is -0.493 e. The second kappa shape index (κ2) is 7.15. The van der Waals surface area contributed by atoms with E-state index in [0.29, 0.717) is 17.1 Å². The van der Waals surface area contributed by atoms with E-state index in [1.54, 1.807) is 14.2 Å². The standard InChI is InChI=1S/C18H16BrNO2/c1-12-7-17(21-2)18(22-3)10-14(12)8-15(11-20)13-5-4-6-16(19)9-13/h4-10H,1-3H3. The molecule has 0 saturated carbocycles.